The molecule has 0 aliphatic carbocycles. The Bertz CT molecular complexity index is 468. The molecule has 0 saturated heterocycles. The van der Waals surface area contributed by atoms with E-state index in [0.717, 1.165) is 23.2 Å². The summed E-state index contributed by atoms with van der Waals surface area (Å²) in [6.07, 6.45) is 1.49. The molecular weight excluding hydrogens is 218 g/mol. The number of carbonyl (C=O) groups excluding carboxylic acids is 1. The second-order valence-electron chi connectivity index (χ2n) is 4.23. The predicted octanol–water partition coefficient (Wildman–Crippen LogP) is 1.61. The van der Waals surface area contributed by atoms with Gasteiger partial charge in [-0.1, -0.05) is 12.1 Å². The fraction of sp³-hybridized carbons (Fsp3) is 0.385. The monoisotopic (exact) mass is 233 g/mol. The molecule has 4 heteroatoms. The van der Waals surface area contributed by atoms with Crippen molar-refractivity contribution >= 4 is 17.6 Å². The Morgan fingerprint density at radius 3 is 2.82 bits per heavy atom. The van der Waals surface area contributed by atoms with Gasteiger partial charge in [0.25, 0.3) is 0 Å². The quantitative estimate of drug-likeness (QED) is 0.863. The number of hydrogen-bond acceptors (Lipinski definition) is 2. The topological polar surface area (TPSA) is 57.6 Å². The molecule has 1 amide bonds. The first-order chi connectivity index (χ1) is 8.09. The first-order valence-electron chi connectivity index (χ1n) is 5.70. The SMILES string of the molecule is CC(=O)N1CCc2c(CCC(=O)O)cccc21. The zero-order valence-corrected chi connectivity index (χ0v) is 9.77. The lowest BCUT2D eigenvalue weighted by Gasteiger charge is -2.15. The van der Waals surface area contributed by atoms with Crippen LogP contribution in [0.2, 0.25) is 0 Å². The summed E-state index contributed by atoms with van der Waals surface area (Å²) in [5.41, 5.74) is 3.12. The lowest BCUT2D eigenvalue weighted by Crippen LogP contribution is -2.25. The summed E-state index contributed by atoms with van der Waals surface area (Å²) in [5.74, 6) is -0.747. The highest BCUT2D eigenvalue weighted by atomic mass is 16.4. The number of fused-ring (bicyclic) bond motifs is 1. The number of anilines is 1. The third-order valence-electron chi connectivity index (χ3n) is 3.11. The lowest BCUT2D eigenvalue weighted by molar-refractivity contribution is -0.137. The molecular formula is C13H15NO3. The summed E-state index contributed by atoms with van der Waals surface area (Å²) in [4.78, 5) is 23.7. The maximum absolute atomic E-state index is 11.4. The van der Waals surface area contributed by atoms with Crippen molar-refractivity contribution in [2.24, 2.45) is 0 Å². The van der Waals surface area contributed by atoms with E-state index < -0.39 is 5.97 Å². The number of nitrogens with zero attached hydrogens (tertiary/aromatic N) is 1. The van der Waals surface area contributed by atoms with Crippen molar-refractivity contribution in [2.75, 3.05) is 11.4 Å². The van der Waals surface area contributed by atoms with Gasteiger partial charge in [-0.3, -0.25) is 9.59 Å². The van der Waals surface area contributed by atoms with E-state index in [0.29, 0.717) is 13.0 Å². The van der Waals surface area contributed by atoms with E-state index in [1.807, 2.05) is 18.2 Å². The van der Waals surface area contributed by atoms with Gasteiger partial charge in [-0.05, 0) is 30.0 Å². The summed E-state index contributed by atoms with van der Waals surface area (Å²) >= 11 is 0. The van der Waals surface area contributed by atoms with Crippen molar-refractivity contribution in [3.05, 3.63) is 29.3 Å². The minimum atomic E-state index is -0.788. The maximum atomic E-state index is 11.4. The van der Waals surface area contributed by atoms with Gasteiger partial charge in [-0.2, -0.15) is 0 Å². The van der Waals surface area contributed by atoms with Crippen molar-refractivity contribution in [1.82, 2.24) is 0 Å². The molecule has 90 valence electrons. The molecule has 0 fully saturated rings. The van der Waals surface area contributed by atoms with E-state index in [4.69, 9.17) is 5.11 Å². The van der Waals surface area contributed by atoms with E-state index >= 15 is 0 Å². The molecule has 1 aliphatic heterocycles. The Hall–Kier alpha value is -1.84. The van der Waals surface area contributed by atoms with Crippen molar-refractivity contribution in [3.8, 4) is 0 Å². The van der Waals surface area contributed by atoms with Crippen LogP contribution in [0.25, 0.3) is 0 Å². The number of aliphatic carboxylic acids is 1. The lowest BCUT2D eigenvalue weighted by atomic mass is 10.0. The van der Waals surface area contributed by atoms with Crippen molar-refractivity contribution in [1.29, 1.82) is 0 Å². The number of hydrogen-bond donors (Lipinski definition) is 1. The van der Waals surface area contributed by atoms with Gasteiger partial charge < -0.3 is 10.0 Å². The van der Waals surface area contributed by atoms with Crippen LogP contribution in [-0.4, -0.2) is 23.5 Å². The van der Waals surface area contributed by atoms with Crippen LogP contribution >= 0.6 is 0 Å². The highest BCUT2D eigenvalue weighted by Crippen LogP contribution is 2.31. The Morgan fingerprint density at radius 1 is 1.41 bits per heavy atom. The number of rotatable bonds is 3. The van der Waals surface area contributed by atoms with Gasteiger partial charge in [0.15, 0.2) is 0 Å². The molecule has 1 N–H and O–H groups in total. The molecule has 17 heavy (non-hydrogen) atoms. The van der Waals surface area contributed by atoms with Gasteiger partial charge >= 0.3 is 5.97 Å². The Morgan fingerprint density at radius 2 is 2.18 bits per heavy atom. The van der Waals surface area contributed by atoms with Crippen LogP contribution in [-0.2, 0) is 22.4 Å². The molecule has 1 heterocycles. The second kappa shape index (κ2) is 4.57. The third-order valence-corrected chi connectivity index (χ3v) is 3.11. The van der Waals surface area contributed by atoms with Crippen molar-refractivity contribution in [3.63, 3.8) is 0 Å². The largest absolute Gasteiger partial charge is 0.481 e. The van der Waals surface area contributed by atoms with E-state index in [2.05, 4.69) is 0 Å². The fourth-order valence-corrected chi connectivity index (χ4v) is 2.31. The van der Waals surface area contributed by atoms with Gasteiger partial charge in [0.2, 0.25) is 5.91 Å². The molecule has 0 unspecified atom stereocenters. The van der Waals surface area contributed by atoms with E-state index in [1.165, 1.54) is 0 Å². The molecule has 0 radical (unpaired) electrons. The molecule has 0 bridgehead atoms. The molecule has 0 aromatic heterocycles. The Kier molecular flexibility index (Phi) is 3.13. The summed E-state index contributed by atoms with van der Waals surface area (Å²) in [5, 5.41) is 8.70. The smallest absolute Gasteiger partial charge is 0.303 e. The standard InChI is InChI=1S/C13H15NO3/c1-9(15)14-8-7-11-10(5-6-13(16)17)3-2-4-12(11)14/h2-4H,5-8H2,1H3,(H,16,17). The van der Waals surface area contributed by atoms with Gasteiger partial charge in [0.05, 0.1) is 0 Å². The van der Waals surface area contributed by atoms with E-state index in [9.17, 15) is 9.59 Å². The molecule has 0 spiro atoms. The zero-order chi connectivity index (χ0) is 12.4. The molecule has 0 atom stereocenters. The third kappa shape index (κ3) is 2.30. The molecule has 1 aliphatic rings. The average molecular weight is 233 g/mol. The van der Waals surface area contributed by atoms with Gasteiger partial charge in [-0.25, -0.2) is 0 Å². The van der Waals surface area contributed by atoms with Crippen LogP contribution < -0.4 is 4.90 Å². The first kappa shape index (κ1) is 11.6. The van der Waals surface area contributed by atoms with Crippen LogP contribution in [0.5, 0.6) is 0 Å². The molecule has 1 aromatic rings. The van der Waals surface area contributed by atoms with Gasteiger partial charge in [0.1, 0.15) is 0 Å². The number of carbonyl (C=O) groups is 2. The van der Waals surface area contributed by atoms with E-state index in [1.54, 1.807) is 11.8 Å². The zero-order valence-electron chi connectivity index (χ0n) is 9.77. The van der Waals surface area contributed by atoms with Gasteiger partial charge in [-0.15, -0.1) is 0 Å². The summed E-state index contributed by atoms with van der Waals surface area (Å²) in [7, 11) is 0. The van der Waals surface area contributed by atoms with Crippen LogP contribution in [0, 0.1) is 0 Å². The molecule has 1 aromatic carbocycles. The number of carboxylic acids is 1. The number of benzene rings is 1. The second-order valence-corrected chi connectivity index (χ2v) is 4.23. The molecule has 0 saturated carbocycles. The predicted molar refractivity (Wildman–Crippen MR) is 64.1 cm³/mol. The molecule has 2 rings (SSSR count). The summed E-state index contributed by atoms with van der Waals surface area (Å²) in [6, 6.07) is 5.76. The van der Waals surface area contributed by atoms with Crippen molar-refractivity contribution < 1.29 is 14.7 Å². The number of amides is 1. The number of carboxylic acid groups (broad SMARTS) is 1. The van der Waals surface area contributed by atoms with Crippen molar-refractivity contribution in [2.45, 2.75) is 26.2 Å². The van der Waals surface area contributed by atoms with E-state index in [-0.39, 0.29) is 12.3 Å². The minimum absolute atomic E-state index is 0.0409. The Labute approximate surface area is 99.9 Å². The van der Waals surface area contributed by atoms with Gasteiger partial charge in [0, 0.05) is 25.6 Å². The minimum Gasteiger partial charge on any atom is -0.481 e. The Balaban J connectivity index is 2.26. The first-order valence-corrected chi connectivity index (χ1v) is 5.70. The molecule has 4 nitrogen and oxygen atoms in total. The fourth-order valence-electron chi connectivity index (χ4n) is 2.31. The number of aryl methyl sites for hydroxylation is 1. The summed E-state index contributed by atoms with van der Waals surface area (Å²) < 4.78 is 0. The average Bonchev–Trinajstić information content (AvgIpc) is 2.70. The van der Waals surface area contributed by atoms with Crippen LogP contribution in [0.15, 0.2) is 18.2 Å². The van der Waals surface area contributed by atoms with Crippen LogP contribution in [0.1, 0.15) is 24.5 Å². The maximum Gasteiger partial charge on any atom is 0.303 e. The van der Waals surface area contributed by atoms with Crippen LogP contribution in [0.4, 0.5) is 5.69 Å². The normalized spacial score (nSPS) is 13.6. The highest BCUT2D eigenvalue weighted by Gasteiger charge is 2.23. The van der Waals surface area contributed by atoms with Crippen LogP contribution in [0.3, 0.4) is 0 Å². The summed E-state index contributed by atoms with van der Waals surface area (Å²) in [6.45, 7) is 2.26. The highest BCUT2D eigenvalue weighted by molar-refractivity contribution is 5.94.